The lowest BCUT2D eigenvalue weighted by atomic mass is 10.1. The highest BCUT2D eigenvalue weighted by atomic mass is 32.1. The second-order valence-corrected chi connectivity index (χ2v) is 9.05. The number of para-hydroxylation sites is 2. The maximum atomic E-state index is 14.1. The van der Waals surface area contributed by atoms with Crippen LogP contribution in [-0.4, -0.2) is 21.0 Å². The van der Waals surface area contributed by atoms with Crippen molar-refractivity contribution in [1.82, 2.24) is 9.97 Å². The number of halogens is 1. The van der Waals surface area contributed by atoms with Crippen LogP contribution in [0.5, 0.6) is 5.75 Å². The minimum absolute atomic E-state index is 0.189. The summed E-state index contributed by atoms with van der Waals surface area (Å²) in [5.41, 5.74) is 3.72. The van der Waals surface area contributed by atoms with E-state index in [1.165, 1.54) is 34.6 Å². The number of phenols is 1. The molecule has 0 radical (unpaired) electrons. The van der Waals surface area contributed by atoms with Crippen molar-refractivity contribution in [3.8, 4) is 16.2 Å². The van der Waals surface area contributed by atoms with Gasteiger partial charge in [0.25, 0.3) is 5.91 Å². The van der Waals surface area contributed by atoms with E-state index in [0.29, 0.717) is 16.7 Å². The third-order valence-electron chi connectivity index (χ3n) is 5.49. The lowest BCUT2D eigenvalue weighted by Crippen LogP contribution is -2.31. The summed E-state index contributed by atoms with van der Waals surface area (Å²) in [6, 6.07) is 22.7. The molecular weight excluding hydrogens is 449 g/mol. The lowest BCUT2D eigenvalue weighted by Gasteiger charge is -2.22. The quantitative estimate of drug-likeness (QED) is 0.325. The van der Waals surface area contributed by atoms with Gasteiger partial charge >= 0.3 is 0 Å². The van der Waals surface area contributed by atoms with Crippen molar-refractivity contribution in [2.24, 2.45) is 0 Å². The molecule has 1 N–H and O–H groups in total. The molecule has 5 aromatic rings. The first-order valence-corrected chi connectivity index (χ1v) is 11.5. The van der Waals surface area contributed by atoms with Gasteiger partial charge in [0, 0.05) is 15.4 Å². The van der Waals surface area contributed by atoms with Crippen LogP contribution in [0.2, 0.25) is 0 Å². The maximum absolute atomic E-state index is 14.1. The molecule has 7 heteroatoms. The van der Waals surface area contributed by atoms with Crippen molar-refractivity contribution in [3.05, 3.63) is 107 Å². The van der Waals surface area contributed by atoms with Crippen LogP contribution in [0.1, 0.15) is 20.9 Å². The molecule has 3 aromatic carbocycles. The number of aromatic hydroxyl groups is 1. The fourth-order valence-corrected chi connectivity index (χ4v) is 4.70. The molecule has 1 amide bonds. The van der Waals surface area contributed by atoms with Gasteiger partial charge in [0.15, 0.2) is 0 Å². The molecule has 0 saturated heterocycles. The van der Waals surface area contributed by atoms with E-state index in [-0.39, 0.29) is 23.9 Å². The van der Waals surface area contributed by atoms with Crippen LogP contribution in [-0.2, 0) is 6.54 Å². The number of hydrogen-bond donors (Lipinski definition) is 1. The largest absolute Gasteiger partial charge is 0.508 e. The standard InChI is InChI=1S/C27H20FN3O2S/c1-17-13-18(9-11-25(17)32)26-12-10-21(34-26)16-31(20-6-4-5-19(28)14-20)27(33)24-15-29-22-7-2-3-8-23(22)30-24/h2-15,32H,16H2,1H3. The number of aromatic nitrogens is 2. The third kappa shape index (κ3) is 4.38. The number of aryl methyl sites for hydroxylation is 1. The minimum atomic E-state index is -0.425. The Kier molecular flexibility index (Phi) is 5.77. The number of carbonyl (C=O) groups is 1. The first-order valence-electron chi connectivity index (χ1n) is 10.7. The second-order valence-electron chi connectivity index (χ2n) is 7.88. The summed E-state index contributed by atoms with van der Waals surface area (Å²) in [5, 5.41) is 9.82. The molecule has 0 saturated carbocycles. The maximum Gasteiger partial charge on any atom is 0.278 e. The Balaban J connectivity index is 1.50. The van der Waals surface area contributed by atoms with Gasteiger partial charge in [0.05, 0.1) is 23.8 Å². The predicted octanol–water partition coefficient (Wildman–Crippen LogP) is 6.36. The summed E-state index contributed by atoms with van der Waals surface area (Å²) in [4.78, 5) is 25.8. The van der Waals surface area contributed by atoms with Crippen LogP contribution in [0.4, 0.5) is 10.1 Å². The topological polar surface area (TPSA) is 66.3 Å². The molecule has 5 nitrogen and oxygen atoms in total. The van der Waals surface area contributed by atoms with E-state index in [2.05, 4.69) is 9.97 Å². The fraction of sp³-hybridized carbons (Fsp3) is 0.0741. The molecule has 0 aliphatic carbocycles. The van der Waals surface area contributed by atoms with E-state index < -0.39 is 5.82 Å². The van der Waals surface area contributed by atoms with Gasteiger partial charge in [0.2, 0.25) is 0 Å². The van der Waals surface area contributed by atoms with E-state index in [1.807, 2.05) is 49.4 Å². The van der Waals surface area contributed by atoms with Crippen molar-refractivity contribution in [2.75, 3.05) is 4.90 Å². The van der Waals surface area contributed by atoms with Gasteiger partial charge in [-0.25, -0.2) is 9.37 Å². The van der Waals surface area contributed by atoms with Crippen LogP contribution in [0.25, 0.3) is 21.5 Å². The zero-order valence-corrected chi connectivity index (χ0v) is 19.1. The smallest absolute Gasteiger partial charge is 0.278 e. The number of phenolic OH excluding ortho intramolecular Hbond substituents is 1. The number of benzene rings is 3. The summed E-state index contributed by atoms with van der Waals surface area (Å²) < 4.78 is 14.1. The molecule has 2 heterocycles. The van der Waals surface area contributed by atoms with E-state index >= 15 is 0 Å². The van der Waals surface area contributed by atoms with Gasteiger partial charge < -0.3 is 10.0 Å². The van der Waals surface area contributed by atoms with Gasteiger partial charge in [-0.15, -0.1) is 11.3 Å². The van der Waals surface area contributed by atoms with Crippen LogP contribution < -0.4 is 4.90 Å². The molecular formula is C27H20FN3O2S. The number of hydrogen-bond acceptors (Lipinski definition) is 5. The zero-order chi connectivity index (χ0) is 23.7. The molecule has 2 aromatic heterocycles. The number of fused-ring (bicyclic) bond motifs is 1. The summed E-state index contributed by atoms with van der Waals surface area (Å²) in [6.45, 7) is 2.10. The van der Waals surface area contributed by atoms with E-state index in [1.54, 1.807) is 24.3 Å². The van der Waals surface area contributed by atoms with Gasteiger partial charge in [-0.1, -0.05) is 18.2 Å². The third-order valence-corrected chi connectivity index (χ3v) is 6.61. The van der Waals surface area contributed by atoms with Crippen LogP contribution in [0.3, 0.4) is 0 Å². The van der Waals surface area contributed by atoms with Crippen LogP contribution in [0, 0.1) is 12.7 Å². The average molecular weight is 470 g/mol. The summed E-state index contributed by atoms with van der Waals surface area (Å²) in [6.07, 6.45) is 1.45. The Morgan fingerprint density at radius 2 is 1.82 bits per heavy atom. The van der Waals surface area contributed by atoms with Gasteiger partial charge in [-0.2, -0.15) is 0 Å². The summed E-state index contributed by atoms with van der Waals surface area (Å²) in [5.74, 6) is -0.537. The highest BCUT2D eigenvalue weighted by Gasteiger charge is 2.22. The Labute approximate surface area is 199 Å². The van der Waals surface area contributed by atoms with E-state index in [0.717, 1.165) is 20.9 Å². The Bertz CT molecular complexity index is 1520. The number of amides is 1. The Hall–Kier alpha value is -4.10. The highest BCUT2D eigenvalue weighted by molar-refractivity contribution is 7.15. The first-order chi connectivity index (χ1) is 16.5. The van der Waals surface area contributed by atoms with Gasteiger partial charge in [-0.3, -0.25) is 9.78 Å². The monoisotopic (exact) mass is 469 g/mol. The lowest BCUT2D eigenvalue weighted by molar-refractivity contribution is 0.0980. The Morgan fingerprint density at radius 3 is 2.62 bits per heavy atom. The van der Waals surface area contributed by atoms with Crippen molar-refractivity contribution in [1.29, 1.82) is 0 Å². The summed E-state index contributed by atoms with van der Waals surface area (Å²) >= 11 is 1.54. The molecule has 0 atom stereocenters. The fourth-order valence-electron chi connectivity index (χ4n) is 3.71. The summed E-state index contributed by atoms with van der Waals surface area (Å²) in [7, 11) is 0. The number of nitrogens with zero attached hydrogens (tertiary/aromatic N) is 3. The number of rotatable bonds is 5. The SMILES string of the molecule is Cc1cc(-c2ccc(CN(C(=O)c3cnc4ccccc4n3)c3cccc(F)c3)s2)ccc1O. The van der Waals surface area contributed by atoms with E-state index in [4.69, 9.17) is 0 Å². The zero-order valence-electron chi connectivity index (χ0n) is 18.3. The van der Waals surface area contributed by atoms with Crippen molar-refractivity contribution < 1.29 is 14.3 Å². The Morgan fingerprint density at radius 1 is 1.00 bits per heavy atom. The van der Waals surface area contributed by atoms with Crippen molar-refractivity contribution in [3.63, 3.8) is 0 Å². The number of carbonyl (C=O) groups excluding carboxylic acids is 1. The highest BCUT2D eigenvalue weighted by Crippen LogP contribution is 2.32. The molecule has 0 fully saturated rings. The molecule has 5 rings (SSSR count). The average Bonchev–Trinajstić information content (AvgIpc) is 3.32. The molecule has 0 spiro atoms. The van der Waals surface area contributed by atoms with Crippen molar-refractivity contribution >= 4 is 34.0 Å². The molecule has 34 heavy (non-hydrogen) atoms. The van der Waals surface area contributed by atoms with Gasteiger partial charge in [0.1, 0.15) is 17.3 Å². The van der Waals surface area contributed by atoms with Crippen molar-refractivity contribution in [2.45, 2.75) is 13.5 Å². The predicted molar refractivity (Wildman–Crippen MR) is 133 cm³/mol. The first kappa shape index (κ1) is 21.7. The minimum Gasteiger partial charge on any atom is -0.508 e. The normalized spacial score (nSPS) is 11.0. The molecule has 0 aliphatic heterocycles. The molecule has 168 valence electrons. The van der Waals surface area contributed by atoms with Gasteiger partial charge in [-0.05, 0) is 78.7 Å². The molecule has 0 bridgehead atoms. The number of thiophene rings is 1. The molecule has 0 aliphatic rings. The molecule has 0 unspecified atom stereocenters. The van der Waals surface area contributed by atoms with Crippen LogP contribution in [0.15, 0.2) is 85.1 Å². The second kappa shape index (κ2) is 9.03. The van der Waals surface area contributed by atoms with E-state index in [9.17, 15) is 14.3 Å². The number of anilines is 1. The van der Waals surface area contributed by atoms with Crippen LogP contribution >= 0.6 is 11.3 Å².